The van der Waals surface area contributed by atoms with E-state index in [4.69, 9.17) is 4.74 Å². The van der Waals surface area contributed by atoms with Gasteiger partial charge in [0.1, 0.15) is 11.5 Å². The van der Waals surface area contributed by atoms with Crippen LogP contribution >= 0.6 is 0 Å². The molecule has 2 aliphatic carbocycles. The van der Waals surface area contributed by atoms with Gasteiger partial charge in [-0.3, -0.25) is 0 Å². The predicted octanol–water partition coefficient (Wildman–Crippen LogP) is 18.0. The number of ether oxygens (including phenoxy) is 1. The molecule has 0 unspecified atom stereocenters. The summed E-state index contributed by atoms with van der Waals surface area (Å²) in [5.74, 6) is 1.85. The average Bonchev–Trinajstić information content (AvgIpc) is 3.94. The number of para-hydroxylation sites is 1. The molecule has 336 valence electrons. The molecule has 72 heavy (non-hydrogen) atoms. The van der Waals surface area contributed by atoms with Crippen molar-refractivity contribution in [1.29, 1.82) is 0 Å². The Morgan fingerprint density at radius 1 is 0.278 bits per heavy atom. The number of nitrogens with zero attached hydrogens (tertiary/aromatic N) is 1. The van der Waals surface area contributed by atoms with Crippen molar-refractivity contribution in [2.45, 2.75) is 10.8 Å². The number of rotatable bonds is 6. The SMILES string of the molecule is c1ccc(N(c2ccc(-c3cccc4c3-c3ccccc3C43c4ccc5ccccc5c4Oc4c3ccc3ccccc43)cc2)c2cccc3c2-c2ccccc2C3(c2ccccc2)c2ccccc2)cc1. The Kier molecular flexibility index (Phi) is 8.82. The third-order valence-electron chi connectivity index (χ3n) is 16.0. The van der Waals surface area contributed by atoms with Gasteiger partial charge in [-0.1, -0.05) is 243 Å². The lowest BCUT2D eigenvalue weighted by atomic mass is 9.65. The molecule has 0 saturated heterocycles. The molecular weight excluding hydrogens is 871 g/mol. The molecule has 15 rings (SSSR count). The first-order valence-electron chi connectivity index (χ1n) is 25.0. The number of anilines is 3. The van der Waals surface area contributed by atoms with Crippen LogP contribution < -0.4 is 9.64 Å². The highest BCUT2D eigenvalue weighted by molar-refractivity contribution is 6.03. The fraction of sp³-hybridized carbons (Fsp3) is 0.0286. The highest BCUT2D eigenvalue weighted by Crippen LogP contribution is 2.65. The Hall–Kier alpha value is -9.24. The van der Waals surface area contributed by atoms with E-state index in [-0.39, 0.29) is 0 Å². The molecule has 1 aliphatic heterocycles. The monoisotopic (exact) mass is 915 g/mol. The average molecular weight is 916 g/mol. The van der Waals surface area contributed by atoms with Crippen LogP contribution in [0.3, 0.4) is 0 Å². The summed E-state index contributed by atoms with van der Waals surface area (Å²) in [6.07, 6.45) is 0. The summed E-state index contributed by atoms with van der Waals surface area (Å²) in [5.41, 5.74) is 19.5. The number of benzene rings is 12. The maximum atomic E-state index is 7.24. The first kappa shape index (κ1) is 40.6. The van der Waals surface area contributed by atoms with Crippen LogP contribution in [0.5, 0.6) is 11.5 Å². The largest absolute Gasteiger partial charge is 0.455 e. The van der Waals surface area contributed by atoms with Crippen LogP contribution in [-0.2, 0) is 10.8 Å². The van der Waals surface area contributed by atoms with E-state index >= 15 is 0 Å². The molecule has 2 heteroatoms. The summed E-state index contributed by atoms with van der Waals surface area (Å²) in [6.45, 7) is 0. The summed E-state index contributed by atoms with van der Waals surface area (Å²) in [7, 11) is 0. The molecule has 0 N–H and O–H groups in total. The van der Waals surface area contributed by atoms with Gasteiger partial charge in [0.15, 0.2) is 0 Å². The predicted molar refractivity (Wildman–Crippen MR) is 296 cm³/mol. The third kappa shape index (κ3) is 5.49. The Balaban J connectivity index is 0.932. The summed E-state index contributed by atoms with van der Waals surface area (Å²) in [5, 5.41) is 4.56. The van der Waals surface area contributed by atoms with Crippen molar-refractivity contribution in [1.82, 2.24) is 0 Å². The van der Waals surface area contributed by atoms with Crippen LogP contribution in [-0.4, -0.2) is 0 Å². The zero-order valence-corrected chi connectivity index (χ0v) is 39.3. The van der Waals surface area contributed by atoms with Gasteiger partial charge >= 0.3 is 0 Å². The molecule has 0 fully saturated rings. The molecule has 3 aliphatic rings. The fourth-order valence-electron chi connectivity index (χ4n) is 13.1. The summed E-state index contributed by atoms with van der Waals surface area (Å²) < 4.78 is 7.24. The second-order valence-electron chi connectivity index (χ2n) is 19.4. The quantitative estimate of drug-likeness (QED) is 0.165. The molecule has 0 saturated carbocycles. The van der Waals surface area contributed by atoms with E-state index in [2.05, 4.69) is 278 Å². The number of hydrogen-bond donors (Lipinski definition) is 0. The van der Waals surface area contributed by atoms with E-state index in [1.807, 2.05) is 0 Å². The van der Waals surface area contributed by atoms with Gasteiger partial charge in [-0.15, -0.1) is 0 Å². The molecule has 0 radical (unpaired) electrons. The lowest BCUT2D eigenvalue weighted by molar-refractivity contribution is 0.447. The van der Waals surface area contributed by atoms with E-state index in [1.165, 1.54) is 72.3 Å². The van der Waals surface area contributed by atoms with Gasteiger partial charge in [0.2, 0.25) is 0 Å². The van der Waals surface area contributed by atoms with Crippen molar-refractivity contribution in [3.63, 3.8) is 0 Å². The number of hydrogen-bond acceptors (Lipinski definition) is 2. The molecule has 0 atom stereocenters. The zero-order chi connectivity index (χ0) is 47.4. The molecule has 1 heterocycles. The van der Waals surface area contributed by atoms with Gasteiger partial charge in [0, 0.05) is 38.8 Å². The van der Waals surface area contributed by atoms with E-state index in [1.54, 1.807) is 0 Å². The van der Waals surface area contributed by atoms with Crippen LogP contribution in [0.15, 0.2) is 273 Å². The first-order chi connectivity index (χ1) is 35.7. The Morgan fingerprint density at radius 2 is 0.722 bits per heavy atom. The molecule has 1 spiro atoms. The lowest BCUT2D eigenvalue weighted by Crippen LogP contribution is -2.32. The topological polar surface area (TPSA) is 12.5 Å². The second-order valence-corrected chi connectivity index (χ2v) is 19.4. The summed E-state index contributed by atoms with van der Waals surface area (Å²) in [6, 6.07) is 101. The minimum absolute atomic E-state index is 0.510. The Labute approximate surface area is 419 Å². The molecular formula is C70H45NO. The highest BCUT2D eigenvalue weighted by atomic mass is 16.5. The van der Waals surface area contributed by atoms with Crippen molar-refractivity contribution in [2.75, 3.05) is 4.90 Å². The van der Waals surface area contributed by atoms with Crippen molar-refractivity contribution in [3.8, 4) is 44.9 Å². The Morgan fingerprint density at radius 3 is 1.33 bits per heavy atom. The van der Waals surface area contributed by atoms with Gasteiger partial charge in [0.25, 0.3) is 0 Å². The molecule has 0 bridgehead atoms. The lowest BCUT2D eigenvalue weighted by Gasteiger charge is -2.40. The third-order valence-corrected chi connectivity index (χ3v) is 16.0. The van der Waals surface area contributed by atoms with Crippen LogP contribution in [0.2, 0.25) is 0 Å². The van der Waals surface area contributed by atoms with Crippen molar-refractivity contribution >= 4 is 38.6 Å². The second kappa shape index (κ2) is 15.6. The van der Waals surface area contributed by atoms with Crippen molar-refractivity contribution < 1.29 is 4.74 Å². The van der Waals surface area contributed by atoms with E-state index in [9.17, 15) is 0 Å². The van der Waals surface area contributed by atoms with Gasteiger partial charge in [-0.25, -0.2) is 0 Å². The molecule has 0 amide bonds. The van der Waals surface area contributed by atoms with Gasteiger partial charge in [-0.05, 0) is 102 Å². The molecule has 12 aromatic carbocycles. The van der Waals surface area contributed by atoms with Crippen LogP contribution in [0.4, 0.5) is 17.1 Å². The van der Waals surface area contributed by atoms with E-state index < -0.39 is 10.8 Å². The van der Waals surface area contributed by atoms with Gasteiger partial charge in [-0.2, -0.15) is 0 Å². The van der Waals surface area contributed by atoms with Crippen LogP contribution in [0.25, 0.3) is 54.9 Å². The molecule has 12 aromatic rings. The minimum atomic E-state index is -0.623. The fourth-order valence-corrected chi connectivity index (χ4v) is 13.1. The molecule has 2 nitrogen and oxygen atoms in total. The molecule has 0 aromatic heterocycles. The smallest absolute Gasteiger partial charge is 0.140 e. The normalized spacial score (nSPS) is 13.9. The zero-order valence-electron chi connectivity index (χ0n) is 39.3. The first-order valence-corrected chi connectivity index (χ1v) is 25.0. The van der Waals surface area contributed by atoms with Crippen LogP contribution in [0.1, 0.15) is 44.5 Å². The van der Waals surface area contributed by atoms with Crippen LogP contribution in [0, 0.1) is 0 Å². The van der Waals surface area contributed by atoms with E-state index in [0.29, 0.717) is 0 Å². The van der Waals surface area contributed by atoms with Crippen molar-refractivity contribution in [3.05, 3.63) is 317 Å². The standard InChI is InChI=1S/C70H45NO/c1-4-22-49(23-5-1)69(50-24-6-2-7-25-50)58-33-16-15-31-57(58)66-61(69)36-19-37-64(66)71(51-26-8-3-9-27-51)52-42-38-48(39-43-52)53-32-18-35-60-65(53)56-30-14-17-34-59(56)70(60)62-44-40-46-20-10-12-28-54(46)67(62)72-68-55-29-13-11-21-47(55)41-45-63(68)70/h1-45H. The number of fused-ring (bicyclic) bond motifs is 16. The minimum Gasteiger partial charge on any atom is -0.455 e. The maximum Gasteiger partial charge on any atom is 0.140 e. The van der Waals surface area contributed by atoms with Crippen molar-refractivity contribution in [2.24, 2.45) is 0 Å². The summed E-state index contributed by atoms with van der Waals surface area (Å²) in [4.78, 5) is 2.45. The van der Waals surface area contributed by atoms with Gasteiger partial charge in [0.05, 0.1) is 16.5 Å². The Bertz CT molecular complexity index is 4000. The summed E-state index contributed by atoms with van der Waals surface area (Å²) >= 11 is 0. The highest BCUT2D eigenvalue weighted by Gasteiger charge is 2.53. The van der Waals surface area contributed by atoms with Gasteiger partial charge < -0.3 is 9.64 Å². The maximum absolute atomic E-state index is 7.24. The van der Waals surface area contributed by atoms with E-state index in [0.717, 1.165) is 55.7 Å².